The first-order valence-electron chi connectivity index (χ1n) is 6.09. The molecule has 86 valence electrons. The number of thioether (sulfide) groups is 1. The van der Waals surface area contributed by atoms with Gasteiger partial charge in [0.15, 0.2) is 0 Å². The minimum atomic E-state index is 1.34. The summed E-state index contributed by atoms with van der Waals surface area (Å²) in [6.07, 6.45) is 2.15. The van der Waals surface area contributed by atoms with Crippen LogP contribution in [-0.2, 0) is 0 Å². The topological polar surface area (TPSA) is 0 Å². The summed E-state index contributed by atoms with van der Waals surface area (Å²) in [4.78, 5) is 1.37. The summed E-state index contributed by atoms with van der Waals surface area (Å²) < 4.78 is 0. The van der Waals surface area contributed by atoms with Crippen molar-refractivity contribution in [2.75, 3.05) is 6.26 Å². The van der Waals surface area contributed by atoms with Gasteiger partial charge in [-0.25, -0.2) is 0 Å². The van der Waals surface area contributed by atoms with Gasteiger partial charge in [-0.3, -0.25) is 0 Å². The van der Waals surface area contributed by atoms with Crippen LogP contribution in [0, 0.1) is 0 Å². The van der Waals surface area contributed by atoms with Gasteiger partial charge in [-0.2, -0.15) is 0 Å². The molecule has 0 radical (unpaired) electrons. The van der Waals surface area contributed by atoms with E-state index >= 15 is 0 Å². The Hall–Kier alpha value is -1.73. The van der Waals surface area contributed by atoms with Crippen LogP contribution in [-0.4, -0.2) is 6.26 Å². The fourth-order valence-corrected chi connectivity index (χ4v) is 3.53. The second-order valence-electron chi connectivity index (χ2n) is 4.63. The van der Waals surface area contributed by atoms with Crippen molar-refractivity contribution in [1.82, 2.24) is 0 Å². The minimum absolute atomic E-state index is 1.34. The highest BCUT2D eigenvalue weighted by Gasteiger charge is 2.10. The summed E-state index contributed by atoms with van der Waals surface area (Å²) in [5.74, 6) is 0. The summed E-state index contributed by atoms with van der Waals surface area (Å²) in [5.41, 5.74) is 0. The molecule has 0 spiro atoms. The molecule has 0 nitrogen and oxygen atoms in total. The molecular formula is C17H12S. The third-order valence-electron chi connectivity index (χ3n) is 3.69. The highest BCUT2D eigenvalue weighted by Crippen LogP contribution is 2.38. The predicted molar refractivity (Wildman–Crippen MR) is 81.9 cm³/mol. The third kappa shape index (κ3) is 1.23. The van der Waals surface area contributed by atoms with Gasteiger partial charge in [0, 0.05) is 4.90 Å². The molecule has 0 saturated heterocycles. The molecule has 0 atom stereocenters. The fraction of sp³-hybridized carbons (Fsp3) is 0.0588. The van der Waals surface area contributed by atoms with Crippen molar-refractivity contribution >= 4 is 44.1 Å². The molecule has 0 heterocycles. The van der Waals surface area contributed by atoms with Crippen LogP contribution in [0.1, 0.15) is 0 Å². The summed E-state index contributed by atoms with van der Waals surface area (Å²) in [6, 6.07) is 19.9. The number of hydrogen-bond donors (Lipinski definition) is 0. The number of benzene rings is 4. The molecule has 0 bridgehead atoms. The van der Waals surface area contributed by atoms with Crippen LogP contribution in [0.2, 0.25) is 0 Å². The highest BCUT2D eigenvalue weighted by atomic mass is 32.2. The SMILES string of the molecule is CSc1cc2cccc3ccc4cccc1c4c32. The molecule has 0 amide bonds. The molecule has 18 heavy (non-hydrogen) atoms. The maximum absolute atomic E-state index is 2.31. The molecular weight excluding hydrogens is 236 g/mol. The average molecular weight is 248 g/mol. The zero-order valence-corrected chi connectivity index (χ0v) is 10.9. The van der Waals surface area contributed by atoms with E-state index in [4.69, 9.17) is 0 Å². The maximum Gasteiger partial charge on any atom is 0.0154 e. The Labute approximate surface area is 110 Å². The Morgan fingerprint density at radius 1 is 0.722 bits per heavy atom. The molecule has 0 fully saturated rings. The molecule has 1 heteroatoms. The molecule has 0 aliphatic carbocycles. The van der Waals surface area contributed by atoms with E-state index in [1.165, 1.54) is 37.2 Å². The average Bonchev–Trinajstić information content (AvgIpc) is 2.44. The van der Waals surface area contributed by atoms with Crippen LogP contribution < -0.4 is 0 Å². The van der Waals surface area contributed by atoms with Crippen molar-refractivity contribution in [3.8, 4) is 0 Å². The Bertz CT molecular complexity index is 861. The highest BCUT2D eigenvalue weighted by molar-refractivity contribution is 7.98. The molecule has 4 aromatic carbocycles. The van der Waals surface area contributed by atoms with Crippen LogP contribution >= 0.6 is 11.8 Å². The van der Waals surface area contributed by atoms with Gasteiger partial charge in [0.25, 0.3) is 0 Å². The minimum Gasteiger partial charge on any atom is -0.129 e. The van der Waals surface area contributed by atoms with Gasteiger partial charge in [0.1, 0.15) is 0 Å². The largest absolute Gasteiger partial charge is 0.129 e. The van der Waals surface area contributed by atoms with Crippen molar-refractivity contribution in [2.45, 2.75) is 4.90 Å². The summed E-state index contributed by atoms with van der Waals surface area (Å²) >= 11 is 1.83. The Balaban J connectivity index is 2.43. The first-order valence-corrected chi connectivity index (χ1v) is 7.31. The smallest absolute Gasteiger partial charge is 0.0154 e. The third-order valence-corrected chi connectivity index (χ3v) is 4.47. The standard InChI is InChI=1S/C17H12S/c1-18-15-10-13-6-2-4-11-8-9-12-5-3-7-14(15)17(12)16(11)13/h2-10H,1H3. The zero-order chi connectivity index (χ0) is 12.1. The lowest BCUT2D eigenvalue weighted by Gasteiger charge is -2.13. The lowest BCUT2D eigenvalue weighted by Crippen LogP contribution is -1.85. The summed E-state index contributed by atoms with van der Waals surface area (Å²) in [5, 5.41) is 8.22. The quantitative estimate of drug-likeness (QED) is 0.325. The van der Waals surface area contributed by atoms with Crippen LogP contribution in [0.5, 0.6) is 0 Å². The molecule has 0 aliphatic rings. The van der Waals surface area contributed by atoms with Gasteiger partial charge >= 0.3 is 0 Å². The van der Waals surface area contributed by atoms with Crippen LogP contribution in [0.25, 0.3) is 32.3 Å². The Kier molecular flexibility index (Phi) is 2.06. The van der Waals surface area contributed by atoms with Crippen LogP contribution in [0.4, 0.5) is 0 Å². The molecule has 0 aliphatic heterocycles. The summed E-state index contributed by atoms with van der Waals surface area (Å²) in [6.45, 7) is 0. The van der Waals surface area contributed by atoms with E-state index in [0.717, 1.165) is 0 Å². The normalized spacial score (nSPS) is 11.8. The van der Waals surface area contributed by atoms with E-state index in [2.05, 4.69) is 60.9 Å². The van der Waals surface area contributed by atoms with Crippen molar-refractivity contribution in [1.29, 1.82) is 0 Å². The van der Waals surface area contributed by atoms with Crippen molar-refractivity contribution in [3.63, 3.8) is 0 Å². The lowest BCUT2D eigenvalue weighted by molar-refractivity contribution is 1.60. The van der Waals surface area contributed by atoms with Crippen molar-refractivity contribution < 1.29 is 0 Å². The van der Waals surface area contributed by atoms with Gasteiger partial charge in [0.2, 0.25) is 0 Å². The number of rotatable bonds is 1. The molecule has 0 N–H and O–H groups in total. The number of hydrogen-bond acceptors (Lipinski definition) is 1. The molecule has 4 aromatic rings. The second kappa shape index (κ2) is 3.63. The van der Waals surface area contributed by atoms with E-state index in [1.54, 1.807) is 0 Å². The Morgan fingerprint density at radius 2 is 1.39 bits per heavy atom. The fourth-order valence-electron chi connectivity index (χ4n) is 2.90. The maximum atomic E-state index is 2.31. The van der Waals surface area contributed by atoms with Gasteiger partial charge in [-0.1, -0.05) is 48.5 Å². The molecule has 4 rings (SSSR count). The monoisotopic (exact) mass is 248 g/mol. The van der Waals surface area contributed by atoms with Gasteiger partial charge in [-0.05, 0) is 44.6 Å². The van der Waals surface area contributed by atoms with Gasteiger partial charge < -0.3 is 0 Å². The van der Waals surface area contributed by atoms with E-state index in [-0.39, 0.29) is 0 Å². The van der Waals surface area contributed by atoms with E-state index in [1.807, 2.05) is 11.8 Å². The predicted octanol–water partition coefficient (Wildman–Crippen LogP) is 5.31. The first kappa shape index (κ1) is 10.2. The Morgan fingerprint density at radius 3 is 2.17 bits per heavy atom. The first-order chi connectivity index (χ1) is 8.88. The van der Waals surface area contributed by atoms with Crippen molar-refractivity contribution in [2.24, 2.45) is 0 Å². The lowest BCUT2D eigenvalue weighted by atomic mass is 9.94. The molecule has 0 saturated carbocycles. The summed E-state index contributed by atoms with van der Waals surface area (Å²) in [7, 11) is 0. The van der Waals surface area contributed by atoms with Crippen LogP contribution in [0.15, 0.2) is 59.5 Å². The second-order valence-corrected chi connectivity index (χ2v) is 5.48. The van der Waals surface area contributed by atoms with Crippen LogP contribution in [0.3, 0.4) is 0 Å². The van der Waals surface area contributed by atoms with Gasteiger partial charge in [-0.15, -0.1) is 11.8 Å². The molecule has 0 aromatic heterocycles. The zero-order valence-electron chi connectivity index (χ0n) is 10.1. The van der Waals surface area contributed by atoms with Gasteiger partial charge in [0.05, 0.1) is 0 Å². The van der Waals surface area contributed by atoms with Crippen molar-refractivity contribution in [3.05, 3.63) is 54.6 Å². The molecule has 0 unspecified atom stereocenters. The van der Waals surface area contributed by atoms with E-state index < -0.39 is 0 Å². The van der Waals surface area contributed by atoms with E-state index in [0.29, 0.717) is 0 Å². The van der Waals surface area contributed by atoms with E-state index in [9.17, 15) is 0 Å².